The molecule has 0 unspecified atom stereocenters. The summed E-state index contributed by atoms with van der Waals surface area (Å²) < 4.78 is 5.29. The molecule has 0 aromatic carbocycles. The molecule has 3 N–H and O–H groups in total. The van der Waals surface area contributed by atoms with Crippen LogP contribution in [0.3, 0.4) is 0 Å². The minimum atomic E-state index is -0.768. The average Bonchev–Trinajstić information content (AvgIpc) is 2.47. The Morgan fingerprint density at radius 1 is 1.12 bits per heavy atom. The molecule has 0 aliphatic carbocycles. The molecule has 2 saturated heterocycles. The van der Waals surface area contributed by atoms with E-state index in [-0.39, 0.29) is 42.7 Å². The van der Waals surface area contributed by atoms with Gasteiger partial charge in [-0.25, -0.2) is 0 Å². The molecule has 0 radical (unpaired) electrons. The fraction of sp³-hybridized carbons (Fsp3) is 0.867. The zero-order valence-corrected chi connectivity index (χ0v) is 16.1. The molecule has 2 aliphatic rings. The monoisotopic (exact) mass is 384 g/mol. The Morgan fingerprint density at radius 2 is 1.67 bits per heavy atom. The van der Waals surface area contributed by atoms with Gasteiger partial charge in [0.15, 0.2) is 0 Å². The summed E-state index contributed by atoms with van der Waals surface area (Å²) in [5, 5.41) is 2.89. The molecule has 2 aliphatic heterocycles. The highest BCUT2D eigenvalue weighted by atomic mass is 35.5. The highest BCUT2D eigenvalue weighted by molar-refractivity contribution is 5.86. The van der Waals surface area contributed by atoms with Crippen LogP contribution in [-0.2, 0) is 14.3 Å². The maximum atomic E-state index is 12.6. The zero-order valence-electron chi connectivity index (χ0n) is 14.5. The van der Waals surface area contributed by atoms with E-state index in [0.29, 0.717) is 58.8 Å². The molecule has 24 heavy (non-hydrogen) atoms. The summed E-state index contributed by atoms with van der Waals surface area (Å²) in [5.41, 5.74) is 5.49. The molecule has 0 atom stereocenters. The smallest absolute Gasteiger partial charge is 0.242 e. The van der Waals surface area contributed by atoms with Crippen molar-refractivity contribution in [3.63, 3.8) is 0 Å². The van der Waals surface area contributed by atoms with Crippen LogP contribution in [0.2, 0.25) is 0 Å². The molecule has 142 valence electrons. The molecule has 0 aromatic rings. The number of nitrogens with two attached hydrogens (primary N) is 1. The standard InChI is InChI=1S/C15H28N4O3.2ClH/c1-12(2)17-13(20)11-18-5-7-19(8-6-18)14(21)15(16)3-9-22-10-4-15;;/h12H,3-11,16H2,1-2H3,(H,17,20);2*1H. The summed E-state index contributed by atoms with van der Waals surface area (Å²) in [6.45, 7) is 8.08. The minimum Gasteiger partial charge on any atom is -0.381 e. The molecule has 9 heteroatoms. The third-order valence-electron chi connectivity index (χ3n) is 4.29. The van der Waals surface area contributed by atoms with Crippen molar-refractivity contribution >= 4 is 36.6 Å². The first-order valence-corrected chi connectivity index (χ1v) is 8.08. The molecule has 0 saturated carbocycles. The van der Waals surface area contributed by atoms with Crippen molar-refractivity contribution in [2.45, 2.75) is 38.3 Å². The summed E-state index contributed by atoms with van der Waals surface area (Å²) in [5.74, 6) is 0.0663. The summed E-state index contributed by atoms with van der Waals surface area (Å²) >= 11 is 0. The van der Waals surface area contributed by atoms with E-state index in [1.54, 1.807) is 0 Å². The number of ether oxygens (including phenoxy) is 1. The van der Waals surface area contributed by atoms with Crippen LogP contribution in [0.25, 0.3) is 0 Å². The largest absolute Gasteiger partial charge is 0.381 e. The van der Waals surface area contributed by atoms with Crippen molar-refractivity contribution in [1.82, 2.24) is 15.1 Å². The number of hydrogen-bond donors (Lipinski definition) is 2. The van der Waals surface area contributed by atoms with E-state index in [9.17, 15) is 9.59 Å². The van der Waals surface area contributed by atoms with Gasteiger partial charge in [0.2, 0.25) is 11.8 Å². The lowest BCUT2D eigenvalue weighted by Gasteiger charge is -2.40. The Labute approximate surface area is 156 Å². The first-order chi connectivity index (χ1) is 10.4. The molecular formula is C15H30Cl2N4O3. The Bertz CT molecular complexity index is 410. The van der Waals surface area contributed by atoms with Gasteiger partial charge in [-0.2, -0.15) is 0 Å². The number of piperazine rings is 1. The van der Waals surface area contributed by atoms with E-state index in [0.717, 1.165) is 0 Å². The SMILES string of the molecule is CC(C)NC(=O)CN1CCN(C(=O)C2(N)CCOCC2)CC1.Cl.Cl. The third kappa shape index (κ3) is 6.37. The predicted molar refractivity (Wildman–Crippen MR) is 97.8 cm³/mol. The number of nitrogens with zero attached hydrogens (tertiary/aromatic N) is 2. The fourth-order valence-electron chi connectivity index (χ4n) is 2.94. The Kier molecular flexibility index (Phi) is 10.1. The van der Waals surface area contributed by atoms with Crippen molar-refractivity contribution < 1.29 is 14.3 Å². The zero-order chi connectivity index (χ0) is 16.2. The Balaban J connectivity index is 0.00000264. The van der Waals surface area contributed by atoms with Crippen LogP contribution in [0.1, 0.15) is 26.7 Å². The number of carbonyl (C=O) groups excluding carboxylic acids is 2. The van der Waals surface area contributed by atoms with Gasteiger partial charge in [0.1, 0.15) is 0 Å². The molecule has 0 aromatic heterocycles. The number of rotatable bonds is 4. The number of amides is 2. The summed E-state index contributed by atoms with van der Waals surface area (Å²) in [7, 11) is 0. The lowest BCUT2D eigenvalue weighted by Crippen LogP contribution is -2.61. The molecule has 2 fully saturated rings. The number of carbonyl (C=O) groups is 2. The van der Waals surface area contributed by atoms with Gasteiger partial charge in [-0.15, -0.1) is 24.8 Å². The van der Waals surface area contributed by atoms with Crippen molar-refractivity contribution in [1.29, 1.82) is 0 Å². The summed E-state index contributed by atoms with van der Waals surface area (Å²) in [6, 6.07) is 0.154. The first-order valence-electron chi connectivity index (χ1n) is 8.08. The lowest BCUT2D eigenvalue weighted by atomic mass is 9.89. The molecule has 0 spiro atoms. The first kappa shape index (κ1) is 23.4. The topological polar surface area (TPSA) is 87.9 Å². The highest BCUT2D eigenvalue weighted by Gasteiger charge is 2.39. The van der Waals surface area contributed by atoms with E-state index in [1.165, 1.54) is 0 Å². The number of hydrogen-bond acceptors (Lipinski definition) is 5. The van der Waals surface area contributed by atoms with Crippen molar-refractivity contribution in [3.05, 3.63) is 0 Å². The van der Waals surface area contributed by atoms with Gasteiger partial charge in [-0.05, 0) is 26.7 Å². The lowest BCUT2D eigenvalue weighted by molar-refractivity contribution is -0.142. The molecule has 7 nitrogen and oxygen atoms in total. The maximum Gasteiger partial charge on any atom is 0.242 e. The molecule has 2 rings (SSSR count). The second-order valence-electron chi connectivity index (χ2n) is 6.56. The van der Waals surface area contributed by atoms with Crippen LogP contribution in [0.5, 0.6) is 0 Å². The molecule has 0 bridgehead atoms. The predicted octanol–water partition coefficient (Wildman–Crippen LogP) is 0.00670. The van der Waals surface area contributed by atoms with Gasteiger partial charge in [-0.1, -0.05) is 0 Å². The van der Waals surface area contributed by atoms with E-state index in [4.69, 9.17) is 10.5 Å². The second kappa shape index (κ2) is 10.4. The van der Waals surface area contributed by atoms with Crippen LogP contribution in [0, 0.1) is 0 Å². The van der Waals surface area contributed by atoms with E-state index >= 15 is 0 Å². The molecular weight excluding hydrogens is 355 g/mol. The number of nitrogens with one attached hydrogen (secondary N) is 1. The molecule has 2 heterocycles. The van der Waals surface area contributed by atoms with Gasteiger partial charge in [-0.3, -0.25) is 14.5 Å². The van der Waals surface area contributed by atoms with Gasteiger partial charge in [0.25, 0.3) is 0 Å². The van der Waals surface area contributed by atoms with Crippen molar-refractivity contribution in [2.24, 2.45) is 5.73 Å². The van der Waals surface area contributed by atoms with Crippen LogP contribution < -0.4 is 11.1 Å². The third-order valence-corrected chi connectivity index (χ3v) is 4.29. The fourth-order valence-corrected chi connectivity index (χ4v) is 2.94. The van der Waals surface area contributed by atoms with Gasteiger partial charge in [0.05, 0.1) is 12.1 Å². The van der Waals surface area contributed by atoms with E-state index in [1.807, 2.05) is 18.7 Å². The van der Waals surface area contributed by atoms with Gasteiger partial charge >= 0.3 is 0 Å². The number of halogens is 2. The molecule has 2 amide bonds. The van der Waals surface area contributed by atoms with Crippen LogP contribution in [-0.4, -0.2) is 79.1 Å². The van der Waals surface area contributed by atoms with Crippen molar-refractivity contribution in [3.8, 4) is 0 Å². The van der Waals surface area contributed by atoms with Gasteiger partial charge < -0.3 is 20.7 Å². The summed E-state index contributed by atoms with van der Waals surface area (Å²) in [4.78, 5) is 28.3. The van der Waals surface area contributed by atoms with Gasteiger partial charge in [0, 0.05) is 45.4 Å². The normalized spacial score (nSPS) is 20.8. The Hall–Kier alpha value is -0.600. The Morgan fingerprint density at radius 3 is 2.17 bits per heavy atom. The summed E-state index contributed by atoms with van der Waals surface area (Å²) in [6.07, 6.45) is 1.17. The highest BCUT2D eigenvalue weighted by Crippen LogP contribution is 2.21. The average molecular weight is 385 g/mol. The van der Waals surface area contributed by atoms with E-state index in [2.05, 4.69) is 10.2 Å². The quantitative estimate of drug-likeness (QED) is 0.712. The maximum absolute atomic E-state index is 12.6. The van der Waals surface area contributed by atoms with E-state index < -0.39 is 5.54 Å². The van der Waals surface area contributed by atoms with Crippen molar-refractivity contribution in [2.75, 3.05) is 45.9 Å². The van der Waals surface area contributed by atoms with Crippen LogP contribution in [0.15, 0.2) is 0 Å². The van der Waals surface area contributed by atoms with Crippen LogP contribution in [0.4, 0.5) is 0 Å². The van der Waals surface area contributed by atoms with Crippen LogP contribution >= 0.6 is 24.8 Å². The second-order valence-corrected chi connectivity index (χ2v) is 6.56. The minimum absolute atomic E-state index is 0.